The number of amides is 2. The number of nitrogens with zero attached hydrogens (tertiary/aromatic N) is 1. The van der Waals surface area contributed by atoms with E-state index in [0.29, 0.717) is 13.1 Å². The van der Waals surface area contributed by atoms with Crippen LogP contribution >= 0.6 is 0 Å². The van der Waals surface area contributed by atoms with Crippen molar-refractivity contribution >= 4 is 11.7 Å². The number of hydrogen-bond donors (Lipinski definition) is 3. The van der Waals surface area contributed by atoms with E-state index in [4.69, 9.17) is 0 Å². The molecule has 2 amide bonds. The van der Waals surface area contributed by atoms with E-state index in [-0.39, 0.29) is 6.03 Å². The topological polar surface area (TPSA) is 66.0 Å². The SMILES string of the molecule is CCCNc1ccc(CNC(=O)NCc2ccncc2)cc1. The van der Waals surface area contributed by atoms with Crippen LogP contribution in [0.1, 0.15) is 24.5 Å². The highest BCUT2D eigenvalue weighted by Crippen LogP contribution is 2.09. The Morgan fingerprint density at radius 3 is 2.14 bits per heavy atom. The molecular formula is C17H22N4O. The smallest absolute Gasteiger partial charge is 0.315 e. The molecule has 5 heteroatoms. The summed E-state index contributed by atoms with van der Waals surface area (Å²) < 4.78 is 0. The van der Waals surface area contributed by atoms with Gasteiger partial charge in [-0.05, 0) is 41.8 Å². The molecule has 0 fully saturated rings. The van der Waals surface area contributed by atoms with Gasteiger partial charge in [0.1, 0.15) is 0 Å². The van der Waals surface area contributed by atoms with Gasteiger partial charge in [-0.3, -0.25) is 4.98 Å². The third-order valence-corrected chi connectivity index (χ3v) is 3.19. The number of benzene rings is 1. The van der Waals surface area contributed by atoms with Crippen LogP contribution in [0.5, 0.6) is 0 Å². The minimum absolute atomic E-state index is 0.176. The summed E-state index contributed by atoms with van der Waals surface area (Å²) in [5.41, 5.74) is 3.20. The van der Waals surface area contributed by atoms with Crippen LogP contribution in [0, 0.1) is 0 Å². The Morgan fingerprint density at radius 1 is 0.955 bits per heavy atom. The average Bonchev–Trinajstić information content (AvgIpc) is 2.58. The van der Waals surface area contributed by atoms with Crippen LogP contribution in [0.15, 0.2) is 48.8 Å². The largest absolute Gasteiger partial charge is 0.385 e. The van der Waals surface area contributed by atoms with Gasteiger partial charge in [-0.2, -0.15) is 0 Å². The Balaban J connectivity index is 1.71. The number of aromatic nitrogens is 1. The molecule has 2 aromatic rings. The van der Waals surface area contributed by atoms with E-state index in [1.165, 1.54) is 0 Å². The molecule has 0 aliphatic carbocycles. The minimum atomic E-state index is -0.176. The summed E-state index contributed by atoms with van der Waals surface area (Å²) in [5.74, 6) is 0. The standard InChI is InChI=1S/C17H22N4O/c1-2-9-19-16-5-3-14(4-6-16)12-20-17(22)21-13-15-7-10-18-11-8-15/h3-8,10-11,19H,2,9,12-13H2,1H3,(H2,20,21,22). The van der Waals surface area contributed by atoms with Crippen LogP contribution in [-0.2, 0) is 13.1 Å². The van der Waals surface area contributed by atoms with Gasteiger partial charge < -0.3 is 16.0 Å². The molecule has 0 saturated heterocycles. The van der Waals surface area contributed by atoms with Gasteiger partial charge in [0.15, 0.2) is 0 Å². The Labute approximate surface area is 131 Å². The van der Waals surface area contributed by atoms with Gasteiger partial charge in [-0.25, -0.2) is 4.79 Å². The van der Waals surface area contributed by atoms with E-state index in [1.807, 2.05) is 36.4 Å². The van der Waals surface area contributed by atoms with Crippen LogP contribution < -0.4 is 16.0 Å². The Kier molecular flexibility index (Phi) is 6.23. The zero-order valence-corrected chi connectivity index (χ0v) is 12.8. The molecule has 1 aromatic heterocycles. The molecule has 0 bridgehead atoms. The predicted molar refractivity (Wildman–Crippen MR) is 88.5 cm³/mol. The predicted octanol–water partition coefficient (Wildman–Crippen LogP) is 2.90. The second-order valence-electron chi connectivity index (χ2n) is 5.02. The fraction of sp³-hybridized carbons (Fsp3) is 0.294. The number of hydrogen-bond acceptors (Lipinski definition) is 3. The molecule has 0 saturated carbocycles. The fourth-order valence-electron chi connectivity index (χ4n) is 1.94. The molecule has 0 atom stereocenters. The normalized spacial score (nSPS) is 10.0. The van der Waals surface area contributed by atoms with Crippen molar-refractivity contribution in [2.75, 3.05) is 11.9 Å². The van der Waals surface area contributed by atoms with Gasteiger partial charge in [0.2, 0.25) is 0 Å². The van der Waals surface area contributed by atoms with E-state index in [9.17, 15) is 4.79 Å². The summed E-state index contributed by atoms with van der Waals surface area (Å²) in [5, 5.41) is 8.98. The van der Waals surface area contributed by atoms with Crippen molar-refractivity contribution in [3.8, 4) is 0 Å². The highest BCUT2D eigenvalue weighted by atomic mass is 16.2. The molecule has 0 unspecified atom stereocenters. The lowest BCUT2D eigenvalue weighted by atomic mass is 10.2. The molecule has 0 aliphatic heterocycles. The van der Waals surface area contributed by atoms with Gasteiger partial charge in [-0.1, -0.05) is 19.1 Å². The lowest BCUT2D eigenvalue weighted by molar-refractivity contribution is 0.240. The maximum absolute atomic E-state index is 11.7. The second-order valence-corrected chi connectivity index (χ2v) is 5.02. The van der Waals surface area contributed by atoms with Crippen molar-refractivity contribution in [2.45, 2.75) is 26.4 Å². The first-order chi connectivity index (χ1) is 10.8. The maximum atomic E-state index is 11.7. The van der Waals surface area contributed by atoms with Gasteiger partial charge in [0.05, 0.1) is 0 Å². The molecule has 116 valence electrons. The van der Waals surface area contributed by atoms with Gasteiger partial charge in [0.25, 0.3) is 0 Å². The van der Waals surface area contributed by atoms with Gasteiger partial charge >= 0.3 is 6.03 Å². The van der Waals surface area contributed by atoms with E-state index in [1.54, 1.807) is 12.4 Å². The molecule has 0 radical (unpaired) electrons. The molecule has 2 rings (SSSR count). The van der Waals surface area contributed by atoms with Gasteiger partial charge in [0, 0.05) is 37.7 Å². The third kappa shape index (κ3) is 5.44. The van der Waals surface area contributed by atoms with Crippen molar-refractivity contribution < 1.29 is 4.79 Å². The fourth-order valence-corrected chi connectivity index (χ4v) is 1.94. The number of carbonyl (C=O) groups is 1. The molecule has 5 nitrogen and oxygen atoms in total. The Hall–Kier alpha value is -2.56. The molecule has 1 heterocycles. The number of pyridine rings is 1. The molecule has 0 spiro atoms. The van der Waals surface area contributed by atoms with E-state index < -0.39 is 0 Å². The summed E-state index contributed by atoms with van der Waals surface area (Å²) in [7, 11) is 0. The zero-order chi connectivity index (χ0) is 15.6. The number of urea groups is 1. The highest BCUT2D eigenvalue weighted by Gasteiger charge is 2.01. The van der Waals surface area contributed by atoms with Crippen molar-refractivity contribution in [3.63, 3.8) is 0 Å². The van der Waals surface area contributed by atoms with E-state index in [0.717, 1.165) is 29.8 Å². The molecular weight excluding hydrogens is 276 g/mol. The summed E-state index contributed by atoms with van der Waals surface area (Å²) in [6, 6.07) is 11.7. The van der Waals surface area contributed by atoms with Crippen LogP contribution in [-0.4, -0.2) is 17.6 Å². The summed E-state index contributed by atoms with van der Waals surface area (Å²) in [4.78, 5) is 15.7. The maximum Gasteiger partial charge on any atom is 0.315 e. The van der Waals surface area contributed by atoms with Crippen LogP contribution in [0.3, 0.4) is 0 Å². The number of anilines is 1. The van der Waals surface area contributed by atoms with E-state index >= 15 is 0 Å². The summed E-state index contributed by atoms with van der Waals surface area (Å²) >= 11 is 0. The van der Waals surface area contributed by atoms with Crippen molar-refractivity contribution in [1.29, 1.82) is 0 Å². The average molecular weight is 298 g/mol. The van der Waals surface area contributed by atoms with Crippen molar-refractivity contribution in [2.24, 2.45) is 0 Å². The van der Waals surface area contributed by atoms with Crippen molar-refractivity contribution in [1.82, 2.24) is 15.6 Å². The molecule has 22 heavy (non-hydrogen) atoms. The highest BCUT2D eigenvalue weighted by molar-refractivity contribution is 5.73. The minimum Gasteiger partial charge on any atom is -0.385 e. The number of rotatable bonds is 7. The zero-order valence-electron chi connectivity index (χ0n) is 12.8. The molecule has 0 aliphatic rings. The monoisotopic (exact) mass is 298 g/mol. The van der Waals surface area contributed by atoms with Crippen LogP contribution in [0.4, 0.5) is 10.5 Å². The second kappa shape index (κ2) is 8.67. The van der Waals surface area contributed by atoms with Crippen molar-refractivity contribution in [3.05, 3.63) is 59.9 Å². The summed E-state index contributed by atoms with van der Waals surface area (Å²) in [6.45, 7) is 4.11. The molecule has 1 aromatic carbocycles. The van der Waals surface area contributed by atoms with Crippen LogP contribution in [0.2, 0.25) is 0 Å². The van der Waals surface area contributed by atoms with Gasteiger partial charge in [-0.15, -0.1) is 0 Å². The quantitative estimate of drug-likeness (QED) is 0.736. The number of carbonyl (C=O) groups excluding carboxylic acids is 1. The first-order valence-corrected chi connectivity index (χ1v) is 7.51. The molecule has 3 N–H and O–H groups in total. The number of nitrogens with one attached hydrogen (secondary N) is 3. The Morgan fingerprint density at radius 2 is 1.55 bits per heavy atom. The lowest BCUT2D eigenvalue weighted by Crippen LogP contribution is -2.34. The van der Waals surface area contributed by atoms with E-state index in [2.05, 4.69) is 27.9 Å². The third-order valence-electron chi connectivity index (χ3n) is 3.19. The lowest BCUT2D eigenvalue weighted by Gasteiger charge is -2.09. The first kappa shape index (κ1) is 15.8. The first-order valence-electron chi connectivity index (χ1n) is 7.51. The summed E-state index contributed by atoms with van der Waals surface area (Å²) in [6.07, 6.45) is 4.52. The van der Waals surface area contributed by atoms with Crippen LogP contribution in [0.25, 0.3) is 0 Å². The Bertz CT molecular complexity index is 569.